The number of benzene rings is 2. The van der Waals surface area contributed by atoms with Crippen molar-refractivity contribution in [3.8, 4) is 5.75 Å². The molecule has 0 aliphatic carbocycles. The smallest absolute Gasteiger partial charge is 0.261 e. The van der Waals surface area contributed by atoms with Crippen LogP contribution in [0.4, 0.5) is 5.69 Å². The van der Waals surface area contributed by atoms with Gasteiger partial charge in [0.05, 0.1) is 12.2 Å². The van der Waals surface area contributed by atoms with Crippen LogP contribution in [-0.4, -0.2) is 17.6 Å². The molecule has 6 heteroatoms. The average Bonchev–Trinajstić information content (AvgIpc) is 2.57. The van der Waals surface area contributed by atoms with Gasteiger partial charge >= 0.3 is 0 Å². The third kappa shape index (κ3) is 6.62. The second-order valence-corrected chi connectivity index (χ2v) is 7.60. The summed E-state index contributed by atoms with van der Waals surface area (Å²) in [4.78, 5) is 12.5. The summed E-state index contributed by atoms with van der Waals surface area (Å²) < 4.78 is 6.89. The number of amides is 1. The van der Waals surface area contributed by atoms with Gasteiger partial charge < -0.3 is 10.1 Å². The topological polar surface area (TPSA) is 50.4 Å². The molecule has 0 unspecified atom stereocenters. The van der Waals surface area contributed by atoms with E-state index >= 15 is 0 Å². The average molecular weight is 468 g/mol. The number of thiocarbonyl (C=S) groups is 1. The number of para-hydroxylation sites is 1. The maximum Gasteiger partial charge on any atom is 0.261 e. The van der Waals surface area contributed by atoms with Crippen LogP contribution < -0.4 is 15.4 Å². The van der Waals surface area contributed by atoms with Crippen molar-refractivity contribution in [3.05, 3.63) is 57.7 Å². The molecule has 2 N–H and O–H groups in total. The quantitative estimate of drug-likeness (QED) is 0.471. The molecule has 2 aromatic carbocycles. The lowest BCUT2D eigenvalue weighted by Gasteiger charge is -2.13. The van der Waals surface area contributed by atoms with Crippen LogP contribution in [0.2, 0.25) is 0 Å². The predicted molar refractivity (Wildman–Crippen MR) is 114 cm³/mol. The van der Waals surface area contributed by atoms with Crippen molar-refractivity contribution in [2.24, 2.45) is 5.92 Å². The maximum absolute atomic E-state index is 12.5. The fraction of sp³-hybridized carbons (Fsp3) is 0.263. The summed E-state index contributed by atoms with van der Waals surface area (Å²) in [6.07, 6.45) is 0.933. The van der Waals surface area contributed by atoms with E-state index in [4.69, 9.17) is 17.0 Å². The fourth-order valence-corrected chi connectivity index (χ4v) is 2.62. The van der Waals surface area contributed by atoms with E-state index in [0.29, 0.717) is 23.8 Å². The fourth-order valence-electron chi connectivity index (χ4n) is 2.05. The number of hydrogen-bond acceptors (Lipinski definition) is 3. The molecule has 0 aliphatic rings. The summed E-state index contributed by atoms with van der Waals surface area (Å²) in [6.45, 7) is 4.85. The van der Waals surface area contributed by atoms with Crippen molar-refractivity contribution in [2.75, 3.05) is 11.9 Å². The molecule has 0 heterocycles. The van der Waals surface area contributed by atoms with Crippen LogP contribution in [0.5, 0.6) is 5.75 Å². The minimum atomic E-state index is -0.289. The van der Waals surface area contributed by atoms with Crippen LogP contribution in [-0.2, 0) is 0 Å². The first-order chi connectivity index (χ1) is 12.0. The highest BCUT2D eigenvalue weighted by Gasteiger charge is 2.13. The molecule has 4 nitrogen and oxygen atoms in total. The molecule has 132 valence electrons. The Morgan fingerprint density at radius 2 is 1.84 bits per heavy atom. The Kier molecular flexibility index (Phi) is 7.64. The molecular formula is C19H21IN2O2S. The van der Waals surface area contributed by atoms with E-state index in [-0.39, 0.29) is 11.0 Å². The number of halogens is 1. The van der Waals surface area contributed by atoms with Crippen molar-refractivity contribution in [2.45, 2.75) is 20.3 Å². The molecule has 0 fully saturated rings. The van der Waals surface area contributed by atoms with E-state index in [1.165, 1.54) is 0 Å². The molecule has 0 bridgehead atoms. The van der Waals surface area contributed by atoms with Gasteiger partial charge in [-0.1, -0.05) is 26.0 Å². The summed E-state index contributed by atoms with van der Waals surface area (Å²) in [5.41, 5.74) is 1.30. The van der Waals surface area contributed by atoms with Gasteiger partial charge in [0.2, 0.25) is 0 Å². The Morgan fingerprint density at radius 3 is 2.52 bits per heavy atom. The number of ether oxygens (including phenoxy) is 1. The summed E-state index contributed by atoms with van der Waals surface area (Å²) in [7, 11) is 0. The normalized spacial score (nSPS) is 10.4. The van der Waals surface area contributed by atoms with Gasteiger partial charge in [0.25, 0.3) is 5.91 Å². The Bertz CT molecular complexity index is 732. The van der Waals surface area contributed by atoms with Crippen LogP contribution in [0, 0.1) is 9.49 Å². The van der Waals surface area contributed by atoms with E-state index in [0.717, 1.165) is 15.7 Å². The van der Waals surface area contributed by atoms with Crippen molar-refractivity contribution in [1.82, 2.24) is 5.32 Å². The SMILES string of the molecule is CC(C)CCOc1ccccc1C(=O)NC(=S)Nc1ccc(I)cc1. The first kappa shape index (κ1) is 19.7. The van der Waals surface area contributed by atoms with Gasteiger partial charge in [-0.15, -0.1) is 0 Å². The lowest BCUT2D eigenvalue weighted by atomic mass is 10.1. The van der Waals surface area contributed by atoms with Crippen LogP contribution in [0.3, 0.4) is 0 Å². The first-order valence-corrected chi connectivity index (χ1v) is 9.54. The molecule has 0 radical (unpaired) electrons. The third-order valence-corrected chi connectivity index (χ3v) is 4.34. The molecule has 0 atom stereocenters. The second kappa shape index (κ2) is 9.72. The molecule has 0 spiro atoms. The van der Waals surface area contributed by atoms with E-state index in [1.54, 1.807) is 18.2 Å². The third-order valence-electron chi connectivity index (χ3n) is 3.41. The molecule has 25 heavy (non-hydrogen) atoms. The standard InChI is InChI=1S/C19H21IN2O2S/c1-13(2)11-12-24-17-6-4-3-5-16(17)18(23)22-19(25)21-15-9-7-14(20)8-10-15/h3-10,13H,11-12H2,1-2H3,(H2,21,22,23,25). The minimum absolute atomic E-state index is 0.253. The Hall–Kier alpha value is -1.67. The zero-order valence-electron chi connectivity index (χ0n) is 14.2. The summed E-state index contributed by atoms with van der Waals surface area (Å²) >= 11 is 7.46. The van der Waals surface area contributed by atoms with E-state index in [9.17, 15) is 4.79 Å². The minimum Gasteiger partial charge on any atom is -0.493 e. The Balaban J connectivity index is 1.97. The second-order valence-electron chi connectivity index (χ2n) is 5.94. The van der Waals surface area contributed by atoms with Crippen LogP contribution in [0.15, 0.2) is 48.5 Å². The largest absolute Gasteiger partial charge is 0.493 e. The molecular weight excluding hydrogens is 447 g/mol. The lowest BCUT2D eigenvalue weighted by Crippen LogP contribution is -2.34. The van der Waals surface area contributed by atoms with Gasteiger partial charge in [-0.3, -0.25) is 10.1 Å². The van der Waals surface area contributed by atoms with Crippen LogP contribution in [0.1, 0.15) is 30.6 Å². The number of carbonyl (C=O) groups excluding carboxylic acids is 1. The number of anilines is 1. The zero-order chi connectivity index (χ0) is 18.2. The van der Waals surface area contributed by atoms with Gasteiger partial charge in [0, 0.05) is 9.26 Å². The highest BCUT2D eigenvalue weighted by atomic mass is 127. The highest BCUT2D eigenvalue weighted by molar-refractivity contribution is 14.1. The van der Waals surface area contributed by atoms with Crippen LogP contribution in [0.25, 0.3) is 0 Å². The van der Waals surface area contributed by atoms with Crippen molar-refractivity contribution in [3.63, 3.8) is 0 Å². The first-order valence-electron chi connectivity index (χ1n) is 8.05. The van der Waals surface area contributed by atoms with Gasteiger partial charge in [-0.05, 0) is 83.5 Å². The summed E-state index contributed by atoms with van der Waals surface area (Å²) in [6, 6.07) is 14.9. The lowest BCUT2D eigenvalue weighted by molar-refractivity contribution is 0.0973. The predicted octanol–water partition coefficient (Wildman–Crippen LogP) is 4.84. The van der Waals surface area contributed by atoms with E-state index < -0.39 is 0 Å². The monoisotopic (exact) mass is 468 g/mol. The number of nitrogens with one attached hydrogen (secondary N) is 2. The highest BCUT2D eigenvalue weighted by Crippen LogP contribution is 2.19. The molecule has 0 saturated carbocycles. The van der Waals surface area contributed by atoms with Crippen molar-refractivity contribution < 1.29 is 9.53 Å². The van der Waals surface area contributed by atoms with E-state index in [2.05, 4.69) is 47.1 Å². The summed E-state index contributed by atoms with van der Waals surface area (Å²) in [5, 5.41) is 5.95. The molecule has 0 aliphatic heterocycles. The van der Waals surface area contributed by atoms with Gasteiger partial charge in [0.1, 0.15) is 5.75 Å². The van der Waals surface area contributed by atoms with Gasteiger partial charge in [-0.2, -0.15) is 0 Å². The van der Waals surface area contributed by atoms with Gasteiger partial charge in [0.15, 0.2) is 5.11 Å². The Labute approximate surface area is 167 Å². The van der Waals surface area contributed by atoms with Gasteiger partial charge in [-0.25, -0.2) is 0 Å². The zero-order valence-corrected chi connectivity index (χ0v) is 17.2. The molecule has 2 aromatic rings. The Morgan fingerprint density at radius 1 is 1.16 bits per heavy atom. The maximum atomic E-state index is 12.5. The molecule has 1 amide bonds. The number of rotatable bonds is 6. The van der Waals surface area contributed by atoms with Crippen molar-refractivity contribution in [1.29, 1.82) is 0 Å². The number of carbonyl (C=O) groups is 1. The molecule has 2 rings (SSSR count). The van der Waals surface area contributed by atoms with E-state index in [1.807, 2.05) is 30.3 Å². The van der Waals surface area contributed by atoms with Crippen LogP contribution >= 0.6 is 34.8 Å². The number of hydrogen-bond donors (Lipinski definition) is 2. The molecule has 0 saturated heterocycles. The summed E-state index contributed by atoms with van der Waals surface area (Å²) in [5.74, 6) is 0.826. The van der Waals surface area contributed by atoms with Crippen molar-refractivity contribution >= 4 is 51.5 Å². The molecule has 0 aromatic heterocycles.